The van der Waals surface area contributed by atoms with E-state index < -0.39 is 0 Å². The van der Waals surface area contributed by atoms with Gasteiger partial charge in [-0.15, -0.1) is 0 Å². The SMILES string of the molecule is O=C(OCCN1CCN(C(c2ccccc2)c2ccccc2)CC1)c1ccc2nc[nH]c2c1. The molecule has 0 saturated carbocycles. The lowest BCUT2D eigenvalue weighted by Gasteiger charge is -2.39. The number of ether oxygens (including phenoxy) is 1. The lowest BCUT2D eigenvalue weighted by molar-refractivity contribution is 0.0407. The number of carbonyl (C=O) groups excluding carboxylic acids is 1. The predicted molar refractivity (Wildman–Crippen MR) is 129 cm³/mol. The maximum atomic E-state index is 12.4. The second-order valence-corrected chi connectivity index (χ2v) is 8.37. The zero-order valence-corrected chi connectivity index (χ0v) is 18.6. The van der Waals surface area contributed by atoms with E-state index in [1.54, 1.807) is 18.5 Å². The van der Waals surface area contributed by atoms with Crippen LogP contribution in [-0.2, 0) is 4.74 Å². The first kappa shape index (κ1) is 21.4. The van der Waals surface area contributed by atoms with Crippen molar-refractivity contribution < 1.29 is 9.53 Å². The average Bonchev–Trinajstić information content (AvgIpc) is 3.34. The molecule has 6 nitrogen and oxygen atoms in total. The summed E-state index contributed by atoms with van der Waals surface area (Å²) >= 11 is 0. The summed E-state index contributed by atoms with van der Waals surface area (Å²) in [6, 6.07) is 27.1. The zero-order chi connectivity index (χ0) is 22.5. The Morgan fingerprint density at radius 3 is 2.24 bits per heavy atom. The topological polar surface area (TPSA) is 61.5 Å². The molecule has 1 aliphatic rings. The highest BCUT2D eigenvalue weighted by Crippen LogP contribution is 2.29. The number of imidazole rings is 1. The molecule has 0 spiro atoms. The van der Waals surface area contributed by atoms with E-state index >= 15 is 0 Å². The van der Waals surface area contributed by atoms with E-state index in [1.807, 2.05) is 6.07 Å². The van der Waals surface area contributed by atoms with E-state index in [2.05, 4.69) is 80.4 Å². The standard InChI is InChI=1S/C27H28N4O2/c32-27(23-11-12-24-25(19-23)29-20-28-24)33-18-17-30-13-15-31(16-14-30)26(21-7-3-1-4-8-21)22-9-5-2-6-10-22/h1-12,19-20,26H,13-18H2,(H,28,29). The Bertz CT molecular complexity index is 1140. The molecular weight excluding hydrogens is 412 g/mol. The second kappa shape index (κ2) is 9.98. The number of fused-ring (bicyclic) bond motifs is 1. The molecule has 1 aromatic heterocycles. The Hall–Kier alpha value is -3.48. The molecule has 0 aliphatic carbocycles. The maximum Gasteiger partial charge on any atom is 0.338 e. The van der Waals surface area contributed by atoms with E-state index in [1.165, 1.54) is 11.1 Å². The summed E-state index contributed by atoms with van der Waals surface area (Å²) in [4.78, 5) is 24.6. The van der Waals surface area contributed by atoms with Gasteiger partial charge in [0.15, 0.2) is 0 Å². The number of aromatic amines is 1. The first-order valence-electron chi connectivity index (χ1n) is 11.4. The smallest absolute Gasteiger partial charge is 0.338 e. The number of H-pyrrole nitrogens is 1. The Kier molecular flexibility index (Phi) is 6.46. The molecule has 0 radical (unpaired) electrons. The van der Waals surface area contributed by atoms with Crippen LogP contribution >= 0.6 is 0 Å². The summed E-state index contributed by atoms with van der Waals surface area (Å²) in [6.45, 7) is 4.98. The summed E-state index contributed by atoms with van der Waals surface area (Å²) in [6.07, 6.45) is 1.62. The number of piperazine rings is 1. The molecule has 168 valence electrons. The molecule has 5 rings (SSSR count). The van der Waals surface area contributed by atoms with Gasteiger partial charge in [0.05, 0.1) is 29.0 Å². The number of rotatable bonds is 7. The van der Waals surface area contributed by atoms with Crippen molar-refractivity contribution in [2.45, 2.75) is 6.04 Å². The number of hydrogen-bond acceptors (Lipinski definition) is 5. The number of benzene rings is 3. The van der Waals surface area contributed by atoms with Crippen molar-refractivity contribution >= 4 is 17.0 Å². The Balaban J connectivity index is 1.15. The molecule has 4 aromatic rings. The van der Waals surface area contributed by atoms with Crippen molar-refractivity contribution in [2.75, 3.05) is 39.3 Å². The highest BCUT2D eigenvalue weighted by molar-refractivity contribution is 5.93. The minimum Gasteiger partial charge on any atom is -0.461 e. The van der Waals surface area contributed by atoms with Crippen molar-refractivity contribution in [2.24, 2.45) is 0 Å². The molecule has 3 aromatic carbocycles. The van der Waals surface area contributed by atoms with Gasteiger partial charge < -0.3 is 9.72 Å². The van der Waals surface area contributed by atoms with E-state index in [-0.39, 0.29) is 12.0 Å². The van der Waals surface area contributed by atoms with Crippen LogP contribution in [0.15, 0.2) is 85.2 Å². The number of esters is 1. The first-order chi connectivity index (χ1) is 16.3. The fourth-order valence-electron chi connectivity index (χ4n) is 4.54. The monoisotopic (exact) mass is 440 g/mol. The van der Waals surface area contributed by atoms with Crippen LogP contribution in [0.25, 0.3) is 11.0 Å². The number of nitrogens with one attached hydrogen (secondary N) is 1. The van der Waals surface area contributed by atoms with Gasteiger partial charge in [-0.2, -0.15) is 0 Å². The maximum absolute atomic E-state index is 12.4. The van der Waals surface area contributed by atoms with Gasteiger partial charge in [-0.25, -0.2) is 9.78 Å². The van der Waals surface area contributed by atoms with Crippen LogP contribution in [0.3, 0.4) is 0 Å². The van der Waals surface area contributed by atoms with Crippen LogP contribution in [0.4, 0.5) is 0 Å². The molecular formula is C27H28N4O2. The summed E-state index contributed by atoms with van der Waals surface area (Å²) < 4.78 is 5.54. The Labute approximate surface area is 193 Å². The Morgan fingerprint density at radius 2 is 1.58 bits per heavy atom. The predicted octanol–water partition coefficient (Wildman–Crippen LogP) is 4.13. The number of carbonyl (C=O) groups is 1. The fraction of sp³-hybridized carbons (Fsp3) is 0.259. The van der Waals surface area contributed by atoms with Gasteiger partial charge in [0.25, 0.3) is 0 Å². The normalized spacial score (nSPS) is 15.2. The molecule has 1 fully saturated rings. The second-order valence-electron chi connectivity index (χ2n) is 8.37. The third-order valence-electron chi connectivity index (χ3n) is 6.30. The van der Waals surface area contributed by atoms with Crippen LogP contribution < -0.4 is 0 Å². The van der Waals surface area contributed by atoms with Crippen LogP contribution in [-0.4, -0.2) is 65.1 Å². The van der Waals surface area contributed by atoms with Gasteiger partial charge in [0.2, 0.25) is 0 Å². The number of nitrogens with zero attached hydrogens (tertiary/aromatic N) is 3. The van der Waals surface area contributed by atoms with Crippen LogP contribution in [0, 0.1) is 0 Å². The minimum atomic E-state index is -0.293. The van der Waals surface area contributed by atoms with Crippen LogP contribution in [0.2, 0.25) is 0 Å². The molecule has 1 saturated heterocycles. The number of hydrogen-bond donors (Lipinski definition) is 1. The van der Waals surface area contributed by atoms with Crippen molar-refractivity contribution in [1.82, 2.24) is 19.8 Å². The largest absolute Gasteiger partial charge is 0.461 e. The molecule has 0 amide bonds. The van der Waals surface area contributed by atoms with Gasteiger partial charge in [0.1, 0.15) is 6.61 Å². The average molecular weight is 441 g/mol. The molecule has 6 heteroatoms. The lowest BCUT2D eigenvalue weighted by atomic mass is 9.96. The number of aromatic nitrogens is 2. The quantitative estimate of drug-likeness (QED) is 0.438. The fourth-order valence-corrected chi connectivity index (χ4v) is 4.54. The van der Waals surface area contributed by atoms with E-state index in [4.69, 9.17) is 4.74 Å². The molecule has 0 bridgehead atoms. The molecule has 2 heterocycles. The molecule has 33 heavy (non-hydrogen) atoms. The van der Waals surface area contributed by atoms with Crippen LogP contribution in [0.1, 0.15) is 27.5 Å². The minimum absolute atomic E-state index is 0.254. The van der Waals surface area contributed by atoms with Gasteiger partial charge in [-0.1, -0.05) is 60.7 Å². The molecule has 1 aliphatic heterocycles. The highest BCUT2D eigenvalue weighted by atomic mass is 16.5. The highest BCUT2D eigenvalue weighted by Gasteiger charge is 2.26. The molecule has 0 atom stereocenters. The van der Waals surface area contributed by atoms with Crippen LogP contribution in [0.5, 0.6) is 0 Å². The van der Waals surface area contributed by atoms with Crippen molar-refractivity contribution in [3.8, 4) is 0 Å². The summed E-state index contributed by atoms with van der Waals surface area (Å²) in [7, 11) is 0. The summed E-state index contributed by atoms with van der Waals surface area (Å²) in [5, 5.41) is 0. The van der Waals surface area contributed by atoms with Gasteiger partial charge in [-0.05, 0) is 29.3 Å². The van der Waals surface area contributed by atoms with Crippen molar-refractivity contribution in [3.05, 3.63) is 102 Å². The third kappa shape index (κ3) is 4.97. The summed E-state index contributed by atoms with van der Waals surface area (Å²) in [5.41, 5.74) is 4.87. The van der Waals surface area contributed by atoms with E-state index in [0.29, 0.717) is 12.2 Å². The van der Waals surface area contributed by atoms with Crippen molar-refractivity contribution in [1.29, 1.82) is 0 Å². The van der Waals surface area contributed by atoms with E-state index in [0.717, 1.165) is 43.8 Å². The third-order valence-corrected chi connectivity index (χ3v) is 6.30. The van der Waals surface area contributed by atoms with Crippen molar-refractivity contribution in [3.63, 3.8) is 0 Å². The van der Waals surface area contributed by atoms with Gasteiger partial charge in [-0.3, -0.25) is 9.80 Å². The summed E-state index contributed by atoms with van der Waals surface area (Å²) in [5.74, 6) is -0.293. The van der Waals surface area contributed by atoms with Gasteiger partial charge >= 0.3 is 5.97 Å². The van der Waals surface area contributed by atoms with Gasteiger partial charge in [0, 0.05) is 32.7 Å². The molecule has 1 N–H and O–H groups in total. The lowest BCUT2D eigenvalue weighted by Crippen LogP contribution is -2.48. The zero-order valence-electron chi connectivity index (χ0n) is 18.6. The van der Waals surface area contributed by atoms with E-state index in [9.17, 15) is 4.79 Å². The first-order valence-corrected chi connectivity index (χ1v) is 11.4. The Morgan fingerprint density at radius 1 is 0.909 bits per heavy atom. The molecule has 0 unspecified atom stereocenters.